The van der Waals surface area contributed by atoms with Crippen LogP contribution >= 0.6 is 0 Å². The first-order valence-corrected chi connectivity index (χ1v) is 9.29. The van der Waals surface area contributed by atoms with Gasteiger partial charge in [0.15, 0.2) is 0 Å². The standard InChI is InChI=1S/C20H38O/c1-3-5-6-7-8-9-10-11-12-13-14-15-16-17-18-19-20-21-4-2/h4,11-12H,2-3,5-10,13-20H2,1H3/b12-11+. The Morgan fingerprint density at radius 2 is 1.14 bits per heavy atom. The molecule has 0 aliphatic rings. The SMILES string of the molecule is C=COCCCCCCCC/C=C/CCCCCCCC. The number of ether oxygens (including phenoxy) is 1. The van der Waals surface area contributed by atoms with Gasteiger partial charge >= 0.3 is 0 Å². The molecular weight excluding hydrogens is 256 g/mol. The molecule has 0 aromatic heterocycles. The van der Waals surface area contributed by atoms with Gasteiger partial charge in [0.2, 0.25) is 0 Å². The average Bonchev–Trinajstić information content (AvgIpc) is 2.50. The fourth-order valence-corrected chi connectivity index (χ4v) is 2.52. The summed E-state index contributed by atoms with van der Waals surface area (Å²) >= 11 is 0. The second kappa shape index (κ2) is 19.3. The molecule has 1 heteroatoms. The quantitative estimate of drug-likeness (QED) is 0.157. The molecule has 0 heterocycles. The molecule has 0 spiro atoms. The number of hydrogen-bond acceptors (Lipinski definition) is 1. The largest absolute Gasteiger partial charge is 0.502 e. The van der Waals surface area contributed by atoms with E-state index in [1.165, 1.54) is 96.2 Å². The predicted molar refractivity (Wildman–Crippen MR) is 95.6 cm³/mol. The molecule has 124 valence electrons. The van der Waals surface area contributed by atoms with Gasteiger partial charge in [0, 0.05) is 0 Å². The van der Waals surface area contributed by atoms with Crippen molar-refractivity contribution in [2.24, 2.45) is 0 Å². The van der Waals surface area contributed by atoms with Crippen molar-refractivity contribution >= 4 is 0 Å². The number of unbranched alkanes of at least 4 members (excludes halogenated alkanes) is 12. The van der Waals surface area contributed by atoms with E-state index >= 15 is 0 Å². The van der Waals surface area contributed by atoms with Crippen LogP contribution in [-0.2, 0) is 4.74 Å². The lowest BCUT2D eigenvalue weighted by Crippen LogP contribution is -1.87. The van der Waals surface area contributed by atoms with Gasteiger partial charge in [0.1, 0.15) is 0 Å². The minimum absolute atomic E-state index is 0.838. The second-order valence-corrected chi connectivity index (χ2v) is 5.98. The van der Waals surface area contributed by atoms with Crippen LogP contribution < -0.4 is 0 Å². The van der Waals surface area contributed by atoms with Crippen molar-refractivity contribution in [1.29, 1.82) is 0 Å². The first kappa shape index (κ1) is 20.3. The fourth-order valence-electron chi connectivity index (χ4n) is 2.52. The Morgan fingerprint density at radius 3 is 1.67 bits per heavy atom. The van der Waals surface area contributed by atoms with Gasteiger partial charge in [-0.2, -0.15) is 0 Å². The van der Waals surface area contributed by atoms with E-state index in [0.29, 0.717) is 0 Å². The Morgan fingerprint density at radius 1 is 0.667 bits per heavy atom. The highest BCUT2D eigenvalue weighted by atomic mass is 16.5. The van der Waals surface area contributed by atoms with Crippen LogP contribution in [-0.4, -0.2) is 6.61 Å². The third kappa shape index (κ3) is 19.3. The molecule has 21 heavy (non-hydrogen) atoms. The van der Waals surface area contributed by atoms with E-state index in [1.54, 1.807) is 0 Å². The van der Waals surface area contributed by atoms with Crippen LogP contribution in [0, 0.1) is 0 Å². The molecule has 0 rings (SSSR count). The summed E-state index contributed by atoms with van der Waals surface area (Å²) < 4.78 is 5.11. The summed E-state index contributed by atoms with van der Waals surface area (Å²) in [7, 11) is 0. The summed E-state index contributed by atoms with van der Waals surface area (Å²) in [5.41, 5.74) is 0. The van der Waals surface area contributed by atoms with E-state index in [0.717, 1.165) is 6.61 Å². The normalized spacial score (nSPS) is 11.1. The minimum Gasteiger partial charge on any atom is -0.502 e. The van der Waals surface area contributed by atoms with E-state index in [9.17, 15) is 0 Å². The van der Waals surface area contributed by atoms with Gasteiger partial charge < -0.3 is 4.74 Å². The molecule has 0 bridgehead atoms. The third-order valence-corrected chi connectivity index (χ3v) is 3.89. The van der Waals surface area contributed by atoms with Gasteiger partial charge in [0.05, 0.1) is 12.9 Å². The zero-order chi connectivity index (χ0) is 15.4. The van der Waals surface area contributed by atoms with Crippen molar-refractivity contribution in [2.45, 2.75) is 96.8 Å². The lowest BCUT2D eigenvalue weighted by atomic mass is 10.1. The maximum atomic E-state index is 5.11. The predicted octanol–water partition coefficient (Wildman–Crippen LogP) is 7.18. The fraction of sp³-hybridized carbons (Fsp3) is 0.800. The maximum Gasteiger partial charge on any atom is 0.0873 e. The smallest absolute Gasteiger partial charge is 0.0873 e. The molecular formula is C20H38O. The maximum absolute atomic E-state index is 5.11. The molecule has 0 N–H and O–H groups in total. The summed E-state index contributed by atoms with van der Waals surface area (Å²) in [4.78, 5) is 0. The molecule has 0 aromatic carbocycles. The summed E-state index contributed by atoms with van der Waals surface area (Å²) in [5.74, 6) is 0. The Balaban J connectivity index is 3.03. The van der Waals surface area contributed by atoms with E-state index in [4.69, 9.17) is 4.74 Å². The van der Waals surface area contributed by atoms with Gasteiger partial charge in [-0.3, -0.25) is 0 Å². The number of hydrogen-bond donors (Lipinski definition) is 0. The van der Waals surface area contributed by atoms with Crippen LogP contribution in [0.2, 0.25) is 0 Å². The van der Waals surface area contributed by atoms with Gasteiger partial charge in [-0.05, 0) is 32.1 Å². The van der Waals surface area contributed by atoms with Crippen LogP contribution in [0.5, 0.6) is 0 Å². The molecule has 0 saturated heterocycles. The van der Waals surface area contributed by atoms with E-state index in [1.807, 2.05) is 0 Å². The molecule has 0 aliphatic heterocycles. The molecule has 0 saturated carbocycles. The average molecular weight is 295 g/mol. The van der Waals surface area contributed by atoms with Gasteiger partial charge in [-0.1, -0.05) is 83.4 Å². The van der Waals surface area contributed by atoms with Crippen LogP contribution in [0.3, 0.4) is 0 Å². The molecule has 0 amide bonds. The van der Waals surface area contributed by atoms with E-state index < -0.39 is 0 Å². The molecule has 0 aromatic rings. The van der Waals surface area contributed by atoms with Gasteiger partial charge in [-0.25, -0.2) is 0 Å². The van der Waals surface area contributed by atoms with Crippen molar-refractivity contribution < 1.29 is 4.74 Å². The highest BCUT2D eigenvalue weighted by molar-refractivity contribution is 4.81. The first-order valence-electron chi connectivity index (χ1n) is 9.29. The van der Waals surface area contributed by atoms with Gasteiger partial charge in [-0.15, -0.1) is 0 Å². The van der Waals surface area contributed by atoms with Crippen molar-refractivity contribution in [3.63, 3.8) is 0 Å². The molecule has 0 atom stereocenters. The third-order valence-electron chi connectivity index (χ3n) is 3.89. The van der Waals surface area contributed by atoms with Crippen molar-refractivity contribution in [3.05, 3.63) is 25.0 Å². The van der Waals surface area contributed by atoms with E-state index in [2.05, 4.69) is 25.7 Å². The summed E-state index contributed by atoms with van der Waals surface area (Å²) in [6.07, 6.45) is 25.2. The van der Waals surface area contributed by atoms with Crippen LogP contribution in [0.1, 0.15) is 96.8 Å². The molecule has 0 aliphatic carbocycles. The zero-order valence-electron chi connectivity index (χ0n) is 14.5. The zero-order valence-corrected chi connectivity index (χ0v) is 14.5. The lowest BCUT2D eigenvalue weighted by molar-refractivity contribution is 0.241. The molecule has 1 nitrogen and oxygen atoms in total. The first-order chi connectivity index (χ1) is 10.4. The molecule has 0 unspecified atom stereocenters. The van der Waals surface area contributed by atoms with E-state index in [-0.39, 0.29) is 0 Å². The summed E-state index contributed by atoms with van der Waals surface area (Å²) in [6, 6.07) is 0. The summed E-state index contributed by atoms with van der Waals surface area (Å²) in [6.45, 7) is 6.66. The highest BCUT2D eigenvalue weighted by Gasteiger charge is 1.91. The van der Waals surface area contributed by atoms with Crippen molar-refractivity contribution in [3.8, 4) is 0 Å². The van der Waals surface area contributed by atoms with Crippen molar-refractivity contribution in [1.82, 2.24) is 0 Å². The lowest BCUT2D eigenvalue weighted by Gasteiger charge is -2.01. The number of rotatable bonds is 17. The Bertz CT molecular complexity index is 220. The summed E-state index contributed by atoms with van der Waals surface area (Å²) in [5, 5.41) is 0. The molecule has 0 radical (unpaired) electrons. The molecule has 0 fully saturated rings. The Kier molecular flexibility index (Phi) is 18.6. The van der Waals surface area contributed by atoms with Crippen molar-refractivity contribution in [2.75, 3.05) is 6.61 Å². The minimum atomic E-state index is 0.838. The monoisotopic (exact) mass is 294 g/mol. The second-order valence-electron chi connectivity index (χ2n) is 5.98. The highest BCUT2D eigenvalue weighted by Crippen LogP contribution is 2.09. The van der Waals surface area contributed by atoms with Gasteiger partial charge in [0.25, 0.3) is 0 Å². The van der Waals surface area contributed by atoms with Crippen LogP contribution in [0.15, 0.2) is 25.0 Å². The Labute approximate surface area is 133 Å². The Hall–Kier alpha value is -0.720. The number of allylic oxidation sites excluding steroid dienone is 2. The topological polar surface area (TPSA) is 9.23 Å². The van der Waals surface area contributed by atoms with Crippen LogP contribution in [0.25, 0.3) is 0 Å². The van der Waals surface area contributed by atoms with Crippen LogP contribution in [0.4, 0.5) is 0 Å².